The first-order chi connectivity index (χ1) is 9.27. The van der Waals surface area contributed by atoms with Gasteiger partial charge in [0.05, 0.1) is 6.54 Å². The number of likely N-dealkylation sites (tertiary alicyclic amines) is 2. The summed E-state index contributed by atoms with van der Waals surface area (Å²) in [5.41, 5.74) is 0.485. The molecule has 5 heteroatoms. The van der Waals surface area contributed by atoms with E-state index in [4.69, 9.17) is 0 Å². The molecular weight excluding hydrogens is 274 g/mol. The van der Waals surface area contributed by atoms with E-state index in [1.165, 1.54) is 38.5 Å². The zero-order valence-electron chi connectivity index (χ0n) is 12.4. The Kier molecular flexibility index (Phi) is 5.70. The van der Waals surface area contributed by atoms with Crippen molar-refractivity contribution in [3.8, 4) is 0 Å². The molecule has 0 aromatic carbocycles. The number of hydrogen-bond donors (Lipinski definition) is 1. The first-order valence-electron chi connectivity index (χ1n) is 7.98. The van der Waals surface area contributed by atoms with Crippen molar-refractivity contribution in [3.05, 3.63) is 0 Å². The molecule has 116 valence electrons. The average molecular weight is 302 g/mol. The molecule has 20 heavy (non-hydrogen) atoms. The van der Waals surface area contributed by atoms with Crippen molar-refractivity contribution < 1.29 is 4.79 Å². The molecule has 0 saturated carbocycles. The van der Waals surface area contributed by atoms with Gasteiger partial charge in [-0.2, -0.15) is 0 Å². The molecule has 1 atom stereocenters. The van der Waals surface area contributed by atoms with Crippen LogP contribution in [0.4, 0.5) is 0 Å². The van der Waals surface area contributed by atoms with E-state index < -0.39 is 0 Å². The lowest BCUT2D eigenvalue weighted by atomic mass is 9.87. The van der Waals surface area contributed by atoms with Crippen LogP contribution in [0, 0.1) is 5.41 Å². The Labute approximate surface area is 128 Å². The predicted molar refractivity (Wildman–Crippen MR) is 83.3 cm³/mol. The summed E-state index contributed by atoms with van der Waals surface area (Å²) < 4.78 is 0. The van der Waals surface area contributed by atoms with E-state index in [0.29, 0.717) is 17.9 Å². The molecule has 0 aromatic rings. The Bertz CT molecular complexity index is 323. The minimum atomic E-state index is 0. The summed E-state index contributed by atoms with van der Waals surface area (Å²) >= 11 is 0. The highest BCUT2D eigenvalue weighted by Gasteiger charge is 2.40. The number of carbonyl (C=O) groups excluding carboxylic acids is 1. The van der Waals surface area contributed by atoms with Crippen LogP contribution >= 0.6 is 12.4 Å². The number of hydrogen-bond acceptors (Lipinski definition) is 3. The van der Waals surface area contributed by atoms with Crippen LogP contribution in [-0.4, -0.2) is 61.5 Å². The largest absolute Gasteiger partial charge is 0.342 e. The van der Waals surface area contributed by atoms with E-state index in [1.54, 1.807) is 0 Å². The highest BCUT2D eigenvalue weighted by Crippen LogP contribution is 2.35. The molecular formula is C15H28ClN3O. The molecule has 1 spiro atoms. The summed E-state index contributed by atoms with van der Waals surface area (Å²) in [6, 6.07) is 0. The number of amides is 1. The third-order valence-corrected chi connectivity index (χ3v) is 5.17. The number of nitrogens with one attached hydrogen (secondary N) is 1. The fourth-order valence-electron chi connectivity index (χ4n) is 3.92. The fourth-order valence-corrected chi connectivity index (χ4v) is 3.92. The SMILES string of the molecule is Cl.O=C(CN1CCC2(CCNC2)C1)N1CCCCCC1. The highest BCUT2D eigenvalue weighted by molar-refractivity contribution is 5.85. The van der Waals surface area contributed by atoms with Gasteiger partial charge in [0.1, 0.15) is 0 Å². The Morgan fingerprint density at radius 2 is 1.80 bits per heavy atom. The van der Waals surface area contributed by atoms with Crippen LogP contribution in [0.3, 0.4) is 0 Å². The van der Waals surface area contributed by atoms with Crippen LogP contribution in [-0.2, 0) is 4.79 Å². The van der Waals surface area contributed by atoms with Crippen LogP contribution in [0.15, 0.2) is 0 Å². The second-order valence-corrected chi connectivity index (χ2v) is 6.68. The van der Waals surface area contributed by atoms with Crippen LogP contribution in [0.1, 0.15) is 38.5 Å². The Morgan fingerprint density at radius 3 is 2.45 bits per heavy atom. The lowest BCUT2D eigenvalue weighted by molar-refractivity contribution is -0.132. The van der Waals surface area contributed by atoms with Crippen molar-refractivity contribution in [1.29, 1.82) is 0 Å². The van der Waals surface area contributed by atoms with Crippen LogP contribution in [0.2, 0.25) is 0 Å². The third kappa shape index (κ3) is 3.66. The number of halogens is 1. The first-order valence-corrected chi connectivity index (χ1v) is 7.98. The van der Waals surface area contributed by atoms with Crippen molar-refractivity contribution in [3.63, 3.8) is 0 Å². The van der Waals surface area contributed by atoms with Gasteiger partial charge in [0.2, 0.25) is 5.91 Å². The minimum Gasteiger partial charge on any atom is -0.342 e. The quantitative estimate of drug-likeness (QED) is 0.839. The van der Waals surface area contributed by atoms with E-state index >= 15 is 0 Å². The van der Waals surface area contributed by atoms with Gasteiger partial charge >= 0.3 is 0 Å². The number of carbonyl (C=O) groups is 1. The maximum Gasteiger partial charge on any atom is 0.236 e. The average Bonchev–Trinajstić information content (AvgIpc) is 2.92. The zero-order chi connectivity index (χ0) is 13.1. The summed E-state index contributed by atoms with van der Waals surface area (Å²) in [6.45, 7) is 7.18. The lowest BCUT2D eigenvalue weighted by Gasteiger charge is -2.25. The molecule has 1 amide bonds. The van der Waals surface area contributed by atoms with Gasteiger partial charge < -0.3 is 10.2 Å². The summed E-state index contributed by atoms with van der Waals surface area (Å²) in [7, 11) is 0. The van der Waals surface area contributed by atoms with Gasteiger partial charge in [0.25, 0.3) is 0 Å². The predicted octanol–water partition coefficient (Wildman–Crippen LogP) is 1.50. The molecule has 0 aliphatic carbocycles. The molecule has 0 bridgehead atoms. The molecule has 3 aliphatic rings. The van der Waals surface area contributed by atoms with Crippen LogP contribution in [0.25, 0.3) is 0 Å². The summed E-state index contributed by atoms with van der Waals surface area (Å²) in [5, 5.41) is 3.48. The minimum absolute atomic E-state index is 0. The molecule has 3 saturated heterocycles. The van der Waals surface area contributed by atoms with Gasteiger partial charge in [-0.25, -0.2) is 0 Å². The molecule has 4 nitrogen and oxygen atoms in total. The Hall–Kier alpha value is -0.320. The fraction of sp³-hybridized carbons (Fsp3) is 0.933. The van der Waals surface area contributed by atoms with E-state index in [0.717, 1.165) is 39.3 Å². The number of rotatable bonds is 2. The van der Waals surface area contributed by atoms with Gasteiger partial charge in [0.15, 0.2) is 0 Å². The van der Waals surface area contributed by atoms with E-state index in [9.17, 15) is 4.79 Å². The van der Waals surface area contributed by atoms with Crippen molar-refractivity contribution in [1.82, 2.24) is 15.1 Å². The second kappa shape index (κ2) is 7.10. The first kappa shape index (κ1) is 16.1. The highest BCUT2D eigenvalue weighted by atomic mass is 35.5. The van der Waals surface area contributed by atoms with E-state index in [-0.39, 0.29) is 12.4 Å². The van der Waals surface area contributed by atoms with Gasteiger partial charge in [-0.3, -0.25) is 9.69 Å². The molecule has 3 heterocycles. The maximum atomic E-state index is 12.4. The van der Waals surface area contributed by atoms with Gasteiger partial charge in [-0.15, -0.1) is 12.4 Å². The third-order valence-electron chi connectivity index (χ3n) is 5.17. The molecule has 1 unspecified atom stereocenters. The van der Waals surface area contributed by atoms with E-state index in [1.807, 2.05) is 0 Å². The molecule has 0 aromatic heterocycles. The molecule has 1 N–H and O–H groups in total. The summed E-state index contributed by atoms with van der Waals surface area (Å²) in [5.74, 6) is 0.366. The van der Waals surface area contributed by atoms with Gasteiger partial charge in [0, 0.05) is 26.2 Å². The van der Waals surface area contributed by atoms with Crippen LogP contribution in [0.5, 0.6) is 0 Å². The standard InChI is InChI=1S/C15H27N3O.ClH/c19-14(18-8-3-1-2-4-9-18)11-17-10-6-15(13-17)5-7-16-12-15;/h16H,1-13H2;1H. The molecule has 0 radical (unpaired) electrons. The molecule has 3 aliphatic heterocycles. The molecule has 3 rings (SSSR count). The van der Waals surface area contributed by atoms with Crippen molar-refractivity contribution in [2.24, 2.45) is 5.41 Å². The topological polar surface area (TPSA) is 35.6 Å². The summed E-state index contributed by atoms with van der Waals surface area (Å²) in [6.07, 6.45) is 7.54. The number of nitrogens with zero attached hydrogens (tertiary/aromatic N) is 2. The van der Waals surface area contributed by atoms with Crippen LogP contribution < -0.4 is 5.32 Å². The lowest BCUT2D eigenvalue weighted by Crippen LogP contribution is -2.41. The smallest absolute Gasteiger partial charge is 0.236 e. The van der Waals surface area contributed by atoms with Crippen molar-refractivity contribution in [2.75, 3.05) is 45.8 Å². The van der Waals surface area contributed by atoms with Crippen molar-refractivity contribution in [2.45, 2.75) is 38.5 Å². The Balaban J connectivity index is 0.00000147. The maximum absolute atomic E-state index is 12.4. The van der Waals surface area contributed by atoms with Crippen molar-refractivity contribution >= 4 is 18.3 Å². The van der Waals surface area contributed by atoms with Gasteiger partial charge in [-0.1, -0.05) is 12.8 Å². The molecule has 3 fully saturated rings. The second-order valence-electron chi connectivity index (χ2n) is 6.68. The zero-order valence-corrected chi connectivity index (χ0v) is 13.2. The van der Waals surface area contributed by atoms with Gasteiger partial charge in [-0.05, 0) is 44.2 Å². The van der Waals surface area contributed by atoms with E-state index in [2.05, 4.69) is 15.1 Å². The summed E-state index contributed by atoms with van der Waals surface area (Å²) in [4.78, 5) is 16.9. The normalized spacial score (nSPS) is 31.3. The Morgan fingerprint density at radius 1 is 1.05 bits per heavy atom. The monoisotopic (exact) mass is 301 g/mol.